The fraction of sp³-hybridized carbons (Fsp3) is 0.364. The average molecular weight is 289 g/mol. The van der Waals surface area contributed by atoms with Gasteiger partial charge in [-0.3, -0.25) is 0 Å². The minimum atomic E-state index is -0.276. The lowest BCUT2D eigenvalue weighted by molar-refractivity contribution is -0.137. The summed E-state index contributed by atoms with van der Waals surface area (Å²) >= 11 is 4.98. The van der Waals surface area contributed by atoms with E-state index in [-0.39, 0.29) is 5.97 Å². The Morgan fingerprint density at radius 2 is 2.40 bits per heavy atom. The molecule has 0 N–H and O–H groups in total. The molecule has 1 aromatic heterocycles. The number of ether oxygens (including phenoxy) is 1. The highest BCUT2D eigenvalue weighted by Crippen LogP contribution is 2.22. The van der Waals surface area contributed by atoms with Crippen LogP contribution in [-0.4, -0.2) is 12.6 Å². The van der Waals surface area contributed by atoms with Gasteiger partial charge in [-0.05, 0) is 39.4 Å². The van der Waals surface area contributed by atoms with Crippen molar-refractivity contribution in [2.24, 2.45) is 0 Å². The second-order valence-corrected chi connectivity index (χ2v) is 4.63. The minimum absolute atomic E-state index is 0.276. The van der Waals surface area contributed by atoms with E-state index in [1.165, 1.54) is 6.08 Å². The Labute approximate surface area is 102 Å². The van der Waals surface area contributed by atoms with Gasteiger partial charge in [0.2, 0.25) is 0 Å². The molecular formula is C11H13BrO2S. The monoisotopic (exact) mass is 288 g/mol. The molecule has 82 valence electrons. The highest BCUT2D eigenvalue weighted by atomic mass is 79.9. The van der Waals surface area contributed by atoms with Gasteiger partial charge < -0.3 is 4.74 Å². The third-order valence-electron chi connectivity index (χ3n) is 1.78. The van der Waals surface area contributed by atoms with Crippen LogP contribution in [0.2, 0.25) is 0 Å². The predicted octanol–water partition coefficient (Wildman–Crippen LogP) is 3.87. The van der Waals surface area contributed by atoms with Crippen molar-refractivity contribution >= 4 is 39.3 Å². The van der Waals surface area contributed by atoms with Gasteiger partial charge in [0.15, 0.2) is 0 Å². The lowest BCUT2D eigenvalue weighted by Crippen LogP contribution is -2.01. The van der Waals surface area contributed by atoms with Crippen LogP contribution in [0.25, 0.3) is 6.08 Å². The van der Waals surface area contributed by atoms with Crippen LogP contribution in [0.4, 0.5) is 0 Å². The van der Waals surface area contributed by atoms with Gasteiger partial charge in [0.25, 0.3) is 0 Å². The Morgan fingerprint density at radius 1 is 1.60 bits per heavy atom. The van der Waals surface area contributed by atoms with Crippen molar-refractivity contribution in [2.45, 2.75) is 19.8 Å². The third kappa shape index (κ3) is 4.62. The van der Waals surface area contributed by atoms with E-state index in [1.54, 1.807) is 17.4 Å². The lowest BCUT2D eigenvalue weighted by atomic mass is 10.3. The number of halogens is 1. The number of esters is 1. The molecule has 1 aromatic rings. The molecule has 0 aliphatic rings. The third-order valence-corrected chi connectivity index (χ3v) is 3.54. The molecule has 15 heavy (non-hydrogen) atoms. The zero-order valence-corrected chi connectivity index (χ0v) is 10.9. The molecule has 2 nitrogen and oxygen atoms in total. The van der Waals surface area contributed by atoms with E-state index < -0.39 is 0 Å². The fourth-order valence-corrected chi connectivity index (χ4v) is 2.33. The Bertz CT molecular complexity index is 344. The molecule has 0 aromatic carbocycles. The van der Waals surface area contributed by atoms with Gasteiger partial charge >= 0.3 is 5.97 Å². The number of rotatable bonds is 5. The second kappa shape index (κ2) is 6.80. The molecule has 0 aliphatic heterocycles. The Kier molecular flexibility index (Phi) is 5.65. The van der Waals surface area contributed by atoms with E-state index in [9.17, 15) is 4.79 Å². The van der Waals surface area contributed by atoms with Crippen molar-refractivity contribution in [1.29, 1.82) is 0 Å². The maximum atomic E-state index is 11.2. The molecule has 1 heterocycles. The summed E-state index contributed by atoms with van der Waals surface area (Å²) in [7, 11) is 0. The molecule has 0 saturated heterocycles. The van der Waals surface area contributed by atoms with Gasteiger partial charge in [0.05, 0.1) is 6.61 Å². The molecule has 1 rings (SSSR count). The Morgan fingerprint density at radius 3 is 3.00 bits per heavy atom. The molecule has 0 atom stereocenters. The number of hydrogen-bond donors (Lipinski definition) is 0. The summed E-state index contributed by atoms with van der Waals surface area (Å²) in [5.41, 5.74) is 1.01. The summed E-state index contributed by atoms with van der Waals surface area (Å²) in [5, 5.41) is 3.95. The summed E-state index contributed by atoms with van der Waals surface area (Å²) in [6.45, 7) is 2.57. The summed E-state index contributed by atoms with van der Waals surface area (Å²) in [6.07, 6.45) is 5.17. The largest absolute Gasteiger partial charge is 0.463 e. The van der Waals surface area contributed by atoms with Gasteiger partial charge in [-0.2, -0.15) is 11.3 Å². The summed E-state index contributed by atoms with van der Waals surface area (Å²) in [6, 6.07) is 0. The lowest BCUT2D eigenvalue weighted by Gasteiger charge is -1.98. The molecule has 0 unspecified atom stereocenters. The number of carbonyl (C=O) groups is 1. The average Bonchev–Trinajstić information content (AvgIpc) is 2.61. The second-order valence-electron chi connectivity index (χ2n) is 3.03. The van der Waals surface area contributed by atoms with Gasteiger partial charge in [-0.15, -0.1) is 0 Å². The van der Waals surface area contributed by atoms with Crippen LogP contribution < -0.4 is 0 Å². The standard InChI is InChI=1S/C11H13BrO2S/c1-2-3-6-14-11(13)5-4-9-7-15-8-10(9)12/h4-5,7-8H,2-3,6H2,1H3/b5-4+. The van der Waals surface area contributed by atoms with Crippen LogP contribution in [0, 0.1) is 0 Å². The number of unbranched alkanes of at least 4 members (excludes halogenated alkanes) is 1. The van der Waals surface area contributed by atoms with Gasteiger partial charge in [-0.25, -0.2) is 4.79 Å². The van der Waals surface area contributed by atoms with E-state index in [4.69, 9.17) is 4.74 Å². The summed E-state index contributed by atoms with van der Waals surface area (Å²) < 4.78 is 5.99. The molecule has 0 bridgehead atoms. The minimum Gasteiger partial charge on any atom is -0.463 e. The first kappa shape index (κ1) is 12.5. The molecule has 0 fully saturated rings. The van der Waals surface area contributed by atoms with Crippen molar-refractivity contribution in [3.63, 3.8) is 0 Å². The molecule has 0 spiro atoms. The molecule has 0 aliphatic carbocycles. The topological polar surface area (TPSA) is 26.3 Å². The first-order valence-corrected chi connectivity index (χ1v) is 6.54. The van der Waals surface area contributed by atoms with Crippen LogP contribution >= 0.6 is 27.3 Å². The van der Waals surface area contributed by atoms with Gasteiger partial charge in [-0.1, -0.05) is 13.3 Å². The molecule has 4 heteroatoms. The fourth-order valence-electron chi connectivity index (χ4n) is 0.933. The first-order chi connectivity index (χ1) is 7.24. The Hall–Kier alpha value is -0.610. The van der Waals surface area contributed by atoms with E-state index in [1.807, 2.05) is 10.8 Å². The maximum absolute atomic E-state index is 11.2. The maximum Gasteiger partial charge on any atom is 0.330 e. The number of carbonyl (C=O) groups excluding carboxylic acids is 1. The highest BCUT2D eigenvalue weighted by molar-refractivity contribution is 9.10. The zero-order chi connectivity index (χ0) is 11.1. The van der Waals surface area contributed by atoms with Crippen LogP contribution in [0.5, 0.6) is 0 Å². The first-order valence-electron chi connectivity index (χ1n) is 4.80. The number of hydrogen-bond acceptors (Lipinski definition) is 3. The van der Waals surface area contributed by atoms with E-state index in [0.29, 0.717) is 6.61 Å². The molecular weight excluding hydrogens is 276 g/mol. The van der Waals surface area contributed by atoms with Crippen molar-refractivity contribution in [3.05, 3.63) is 26.9 Å². The van der Waals surface area contributed by atoms with Gasteiger partial charge in [0.1, 0.15) is 0 Å². The quantitative estimate of drug-likeness (QED) is 0.467. The number of thiophene rings is 1. The van der Waals surface area contributed by atoms with Crippen LogP contribution in [0.1, 0.15) is 25.3 Å². The molecule has 0 saturated carbocycles. The summed E-state index contributed by atoms with van der Waals surface area (Å²) in [5.74, 6) is -0.276. The normalized spacial score (nSPS) is 10.8. The smallest absolute Gasteiger partial charge is 0.330 e. The van der Waals surface area contributed by atoms with E-state index in [2.05, 4.69) is 22.9 Å². The van der Waals surface area contributed by atoms with E-state index >= 15 is 0 Å². The van der Waals surface area contributed by atoms with Crippen LogP contribution in [0.15, 0.2) is 21.3 Å². The molecule has 0 radical (unpaired) electrons. The predicted molar refractivity (Wildman–Crippen MR) is 66.9 cm³/mol. The van der Waals surface area contributed by atoms with Crippen molar-refractivity contribution in [1.82, 2.24) is 0 Å². The van der Waals surface area contributed by atoms with Crippen LogP contribution in [0.3, 0.4) is 0 Å². The summed E-state index contributed by atoms with van der Waals surface area (Å²) in [4.78, 5) is 11.2. The Balaban J connectivity index is 2.38. The van der Waals surface area contributed by atoms with E-state index in [0.717, 1.165) is 22.9 Å². The van der Waals surface area contributed by atoms with Crippen molar-refractivity contribution < 1.29 is 9.53 Å². The zero-order valence-electron chi connectivity index (χ0n) is 8.53. The van der Waals surface area contributed by atoms with Gasteiger partial charge in [0, 0.05) is 15.9 Å². The van der Waals surface area contributed by atoms with Crippen molar-refractivity contribution in [3.8, 4) is 0 Å². The van der Waals surface area contributed by atoms with Crippen LogP contribution in [-0.2, 0) is 9.53 Å². The molecule has 0 amide bonds. The SMILES string of the molecule is CCCCOC(=O)/C=C/c1cscc1Br. The van der Waals surface area contributed by atoms with Crippen molar-refractivity contribution in [2.75, 3.05) is 6.61 Å². The highest BCUT2D eigenvalue weighted by Gasteiger charge is 1.99.